The maximum absolute atomic E-state index is 12.4. The second kappa shape index (κ2) is 15.5. The summed E-state index contributed by atoms with van der Waals surface area (Å²) in [6, 6.07) is 4.25. The van der Waals surface area contributed by atoms with Crippen LogP contribution in [0.25, 0.3) is 6.08 Å². The molecule has 1 unspecified atom stereocenters. The quantitative estimate of drug-likeness (QED) is 0.107. The van der Waals surface area contributed by atoms with Crippen LogP contribution in [0.15, 0.2) is 65.3 Å². The lowest BCUT2D eigenvalue weighted by Crippen LogP contribution is -2.60. The predicted octanol–water partition coefficient (Wildman–Crippen LogP) is 0.188. The minimum absolute atomic E-state index is 0.100. The number of carboxylic acids is 3. The van der Waals surface area contributed by atoms with Gasteiger partial charge in [-0.05, 0) is 53.1 Å². The van der Waals surface area contributed by atoms with E-state index in [1.807, 2.05) is 0 Å². The molecule has 3 aliphatic rings. The average molecular weight is 727 g/mol. The third kappa shape index (κ3) is 8.16. The van der Waals surface area contributed by atoms with Gasteiger partial charge in [-0.15, -0.1) is 0 Å². The van der Waals surface area contributed by atoms with E-state index in [4.69, 9.17) is 18.9 Å². The average Bonchev–Trinajstić information content (AvgIpc) is 3.47. The van der Waals surface area contributed by atoms with Crippen LogP contribution in [-0.2, 0) is 35.1 Å². The number of hydrogen-bond acceptors (Lipinski definition) is 15. The van der Waals surface area contributed by atoms with Crippen molar-refractivity contribution in [2.45, 2.75) is 55.6 Å². The molecule has 0 spiro atoms. The number of phenols is 2. The van der Waals surface area contributed by atoms with Gasteiger partial charge in [-0.25, -0.2) is 19.2 Å². The highest BCUT2D eigenvalue weighted by atomic mass is 16.7. The number of aromatic hydroxyl groups is 2. The smallest absolute Gasteiger partial charge is 0.354 e. The number of dihydropyridines is 1. The molecule has 2 aromatic carbocycles. The molecule has 1 fully saturated rings. The van der Waals surface area contributed by atoms with Crippen molar-refractivity contribution >= 4 is 41.4 Å². The first-order valence-corrected chi connectivity index (χ1v) is 15.5. The second-order valence-electron chi connectivity index (χ2n) is 11.9. The molecule has 7 atom stereocenters. The lowest BCUT2D eigenvalue weighted by molar-refractivity contribution is -0.278. The number of methoxy groups -OCH3 is 1. The maximum atomic E-state index is 12.4. The van der Waals surface area contributed by atoms with Crippen LogP contribution in [-0.4, -0.2) is 127 Å². The van der Waals surface area contributed by atoms with E-state index in [1.165, 1.54) is 66.8 Å². The molecule has 2 aromatic rings. The molecular formula is C34H34N2O16. The van der Waals surface area contributed by atoms with Gasteiger partial charge in [0.25, 0.3) is 0 Å². The number of nitrogens with zero attached hydrogens (tertiary/aromatic N) is 2. The molecular weight excluding hydrogens is 692 g/mol. The molecule has 52 heavy (non-hydrogen) atoms. The van der Waals surface area contributed by atoms with Crippen molar-refractivity contribution in [3.05, 3.63) is 71.5 Å². The summed E-state index contributed by atoms with van der Waals surface area (Å²) in [5.41, 5.74) is 0.836. The van der Waals surface area contributed by atoms with Crippen molar-refractivity contribution in [3.8, 4) is 23.0 Å². The van der Waals surface area contributed by atoms with Gasteiger partial charge in [0.15, 0.2) is 29.0 Å². The summed E-state index contributed by atoms with van der Waals surface area (Å²) in [7, 11) is 1.36. The van der Waals surface area contributed by atoms with Crippen molar-refractivity contribution in [2.75, 3.05) is 18.6 Å². The topological polar surface area (TPSA) is 283 Å². The first-order valence-electron chi connectivity index (χ1n) is 15.5. The summed E-state index contributed by atoms with van der Waals surface area (Å²) in [6.45, 7) is -0.589. The lowest BCUT2D eigenvalue weighted by Gasteiger charge is -2.39. The monoisotopic (exact) mass is 726 g/mol. The number of anilines is 1. The number of hydrogen-bond donors (Lipinski definition) is 8. The van der Waals surface area contributed by atoms with Crippen LogP contribution >= 0.6 is 0 Å². The third-order valence-electron chi connectivity index (χ3n) is 8.39. The normalized spacial score (nSPS) is 25.7. The Morgan fingerprint density at radius 1 is 0.923 bits per heavy atom. The number of aliphatic carboxylic acids is 3. The number of carboxylic acid groups (broad SMARTS) is 3. The molecule has 0 aliphatic carbocycles. The number of benzene rings is 2. The summed E-state index contributed by atoms with van der Waals surface area (Å²) < 4.78 is 21.4. The Kier molecular flexibility index (Phi) is 11.1. The van der Waals surface area contributed by atoms with E-state index in [2.05, 4.69) is 4.99 Å². The SMILES string of the molecule is COc1cc(/C=C/C(=O)OC[C@H]2O[C@@H](Oc3cc4c(cc3O)N(/C=C/C3=CC(C(=O)O)=N[C@H](C(=O)O)C3)C(C(=O)O)C4)[C@H](O)[C@@H](O)[C@@H]2O)ccc1O. The molecule has 5 rings (SSSR count). The minimum atomic E-state index is -1.84. The largest absolute Gasteiger partial charge is 0.504 e. The maximum Gasteiger partial charge on any atom is 0.354 e. The summed E-state index contributed by atoms with van der Waals surface area (Å²) in [4.78, 5) is 52.5. The number of aliphatic hydroxyl groups is 3. The van der Waals surface area contributed by atoms with Gasteiger partial charge in [0.2, 0.25) is 6.29 Å². The van der Waals surface area contributed by atoms with Crippen molar-refractivity contribution in [2.24, 2.45) is 4.99 Å². The summed E-state index contributed by atoms with van der Waals surface area (Å²) in [5.74, 6) is -5.64. The number of phenolic OH excluding ortho intramolecular Hbond substituents is 2. The number of aliphatic hydroxyl groups excluding tert-OH is 3. The molecule has 8 N–H and O–H groups in total. The van der Waals surface area contributed by atoms with Gasteiger partial charge in [0, 0.05) is 36.9 Å². The van der Waals surface area contributed by atoms with Crippen LogP contribution in [0.1, 0.15) is 17.5 Å². The number of esters is 1. The van der Waals surface area contributed by atoms with Gasteiger partial charge in [-0.2, -0.15) is 0 Å². The summed E-state index contributed by atoms with van der Waals surface area (Å²) >= 11 is 0. The highest BCUT2D eigenvalue weighted by Gasteiger charge is 2.46. The number of fused-ring (bicyclic) bond motifs is 1. The third-order valence-corrected chi connectivity index (χ3v) is 8.39. The Morgan fingerprint density at radius 2 is 1.67 bits per heavy atom. The minimum Gasteiger partial charge on any atom is -0.504 e. The molecule has 0 amide bonds. The van der Waals surface area contributed by atoms with Crippen LogP contribution in [0.2, 0.25) is 0 Å². The van der Waals surface area contributed by atoms with Crippen molar-refractivity contribution in [1.29, 1.82) is 0 Å². The Hall–Kier alpha value is -5.95. The van der Waals surface area contributed by atoms with E-state index in [0.717, 1.165) is 6.08 Å². The standard InChI is InChI=1S/C34H34N2O16/c1-49-24-10-15(2-4-22(24)37)3-5-27(39)50-14-26-28(40)29(41)30(42)34(52-26)51-25-12-17-11-21(33(47)48)36(20(17)13-23(25)38)7-6-16-8-18(31(43)44)35-19(9-16)32(45)46/h2-8,10,12-13,19,21,26,28-30,34,37-38,40-42H,9,11,14H2,1H3,(H,43,44)(H,45,46)(H,47,48)/b5-3+,7-6+/t19-,21?,26+,28+,29-,30+,34+/m0/s1. The summed E-state index contributed by atoms with van der Waals surface area (Å²) in [5, 5.41) is 80.8. The van der Waals surface area contributed by atoms with Crippen LogP contribution in [0, 0.1) is 0 Å². The van der Waals surface area contributed by atoms with Gasteiger partial charge < -0.3 is 64.7 Å². The van der Waals surface area contributed by atoms with Crippen molar-refractivity contribution in [3.63, 3.8) is 0 Å². The Balaban J connectivity index is 1.29. The number of carbonyl (C=O) groups is 4. The van der Waals surface area contributed by atoms with E-state index in [0.29, 0.717) is 11.1 Å². The van der Waals surface area contributed by atoms with Crippen molar-refractivity contribution < 1.29 is 79.0 Å². The van der Waals surface area contributed by atoms with E-state index in [9.17, 15) is 60.0 Å². The molecule has 0 radical (unpaired) electrons. The molecule has 3 aliphatic heterocycles. The van der Waals surface area contributed by atoms with Crippen LogP contribution in [0.5, 0.6) is 23.0 Å². The van der Waals surface area contributed by atoms with E-state index in [-0.39, 0.29) is 41.4 Å². The fourth-order valence-electron chi connectivity index (χ4n) is 5.67. The van der Waals surface area contributed by atoms with Gasteiger partial charge in [-0.3, -0.25) is 4.99 Å². The van der Waals surface area contributed by atoms with Crippen LogP contribution in [0.3, 0.4) is 0 Å². The number of carbonyl (C=O) groups excluding carboxylic acids is 1. The zero-order chi connectivity index (χ0) is 37.9. The zero-order valence-corrected chi connectivity index (χ0v) is 27.2. The first kappa shape index (κ1) is 37.3. The molecule has 18 nitrogen and oxygen atoms in total. The Morgan fingerprint density at radius 3 is 2.35 bits per heavy atom. The molecule has 0 aromatic heterocycles. The van der Waals surface area contributed by atoms with Gasteiger partial charge in [0.1, 0.15) is 42.8 Å². The fourth-order valence-corrected chi connectivity index (χ4v) is 5.67. The summed E-state index contributed by atoms with van der Waals surface area (Å²) in [6.07, 6.45) is -2.50. The molecule has 0 saturated carbocycles. The van der Waals surface area contributed by atoms with Crippen molar-refractivity contribution in [1.82, 2.24) is 0 Å². The van der Waals surface area contributed by atoms with Crippen LogP contribution < -0.4 is 14.4 Å². The fraction of sp³-hybridized carbons (Fsp3) is 0.324. The molecule has 276 valence electrons. The molecule has 3 heterocycles. The number of aliphatic imine (C=N–C) groups is 1. The molecule has 1 saturated heterocycles. The Bertz CT molecular complexity index is 1870. The molecule has 18 heteroatoms. The highest BCUT2D eigenvalue weighted by Crippen LogP contribution is 2.42. The van der Waals surface area contributed by atoms with Gasteiger partial charge in [0.05, 0.1) is 7.11 Å². The van der Waals surface area contributed by atoms with Gasteiger partial charge >= 0.3 is 23.9 Å². The van der Waals surface area contributed by atoms with Crippen LogP contribution in [0.4, 0.5) is 5.69 Å². The second-order valence-corrected chi connectivity index (χ2v) is 11.9. The predicted molar refractivity (Wildman–Crippen MR) is 176 cm³/mol. The Labute approximate surface area is 294 Å². The lowest BCUT2D eigenvalue weighted by atomic mass is 9.99. The van der Waals surface area contributed by atoms with Gasteiger partial charge in [-0.1, -0.05) is 6.07 Å². The number of allylic oxidation sites excluding steroid dienone is 1. The zero-order valence-electron chi connectivity index (χ0n) is 27.2. The first-order chi connectivity index (χ1) is 24.7. The highest BCUT2D eigenvalue weighted by molar-refractivity contribution is 6.41. The molecule has 0 bridgehead atoms. The van der Waals surface area contributed by atoms with E-state index < -0.39 is 84.7 Å². The van der Waals surface area contributed by atoms with E-state index >= 15 is 0 Å². The number of rotatable bonds is 12. The number of ether oxygens (including phenoxy) is 4. The van der Waals surface area contributed by atoms with E-state index in [1.54, 1.807) is 0 Å².